The van der Waals surface area contributed by atoms with Crippen LogP contribution in [0.25, 0.3) is 0 Å². The van der Waals surface area contributed by atoms with Gasteiger partial charge in [-0.15, -0.1) is 6.42 Å². The Balaban J connectivity index is 0. The summed E-state index contributed by atoms with van der Waals surface area (Å²) in [6, 6.07) is 0. The lowest BCUT2D eigenvalue weighted by Crippen LogP contribution is -2.25. The smallest absolute Gasteiger partial charge is 0.318 e. The van der Waals surface area contributed by atoms with Crippen LogP contribution in [0.3, 0.4) is 0 Å². The van der Waals surface area contributed by atoms with E-state index in [1.54, 1.807) is 0 Å². The van der Waals surface area contributed by atoms with Gasteiger partial charge in [-0.25, -0.2) is 0 Å². The first kappa shape index (κ1) is 23.0. The zero-order valence-corrected chi connectivity index (χ0v) is 14.3. The van der Waals surface area contributed by atoms with E-state index in [0.29, 0.717) is 0 Å². The minimum atomic E-state index is -0.814. The van der Waals surface area contributed by atoms with Crippen LogP contribution in [-0.2, 0) is 28.6 Å². The number of terminal acetylenes is 1. The molecule has 0 aliphatic rings. The SMILES string of the molecule is C#CC(C)OC(=O)CC(=O)OC(C=C)COC(C)=O.CCCC. The standard InChI is InChI=1S/C13H16O6.C4H10/c1-5-9(3)18-12(15)7-13(16)19-11(6-2)8-17-10(4)14;1-3-4-2/h1,6,9,11H,2,7-8H2,3-4H3;3-4H2,1-2H3. The Labute approximate surface area is 138 Å². The molecule has 0 fully saturated rings. The molecule has 0 spiro atoms. The summed E-state index contributed by atoms with van der Waals surface area (Å²) in [5.74, 6) is 0.0759. The van der Waals surface area contributed by atoms with Crippen molar-refractivity contribution >= 4 is 17.9 Å². The molecule has 0 aromatic heterocycles. The molecule has 0 saturated carbocycles. The molecule has 2 unspecified atom stereocenters. The van der Waals surface area contributed by atoms with Crippen molar-refractivity contribution in [1.29, 1.82) is 0 Å². The summed E-state index contributed by atoms with van der Waals surface area (Å²) in [6.07, 6.45) is 6.85. The van der Waals surface area contributed by atoms with Crippen LogP contribution in [0.2, 0.25) is 0 Å². The molecule has 0 radical (unpaired) electrons. The number of ether oxygens (including phenoxy) is 3. The highest BCUT2D eigenvalue weighted by Crippen LogP contribution is 2.01. The van der Waals surface area contributed by atoms with Gasteiger partial charge in [-0.05, 0) is 13.0 Å². The number of hydrogen-bond donors (Lipinski definition) is 0. The van der Waals surface area contributed by atoms with E-state index in [2.05, 4.69) is 31.1 Å². The number of esters is 3. The van der Waals surface area contributed by atoms with Crippen LogP contribution in [0, 0.1) is 12.3 Å². The summed E-state index contributed by atoms with van der Waals surface area (Å²) in [5, 5.41) is 0. The lowest BCUT2D eigenvalue weighted by Gasteiger charge is -2.13. The average Bonchev–Trinajstić information content (AvgIpc) is 2.50. The Morgan fingerprint density at radius 2 is 1.70 bits per heavy atom. The minimum absolute atomic E-state index is 0.152. The number of hydrogen-bond acceptors (Lipinski definition) is 6. The molecule has 130 valence electrons. The highest BCUT2D eigenvalue weighted by atomic mass is 16.6. The highest BCUT2D eigenvalue weighted by molar-refractivity contribution is 5.91. The molecule has 2 atom stereocenters. The quantitative estimate of drug-likeness (QED) is 0.224. The van der Waals surface area contributed by atoms with E-state index in [1.807, 2.05) is 0 Å². The minimum Gasteiger partial charge on any atom is -0.462 e. The molecule has 0 aromatic carbocycles. The molecule has 6 heteroatoms. The van der Waals surface area contributed by atoms with E-state index in [0.717, 1.165) is 0 Å². The Morgan fingerprint density at radius 3 is 2.09 bits per heavy atom. The van der Waals surface area contributed by atoms with Crippen LogP contribution in [0.1, 0.15) is 47.0 Å². The molecule has 23 heavy (non-hydrogen) atoms. The Kier molecular flexibility index (Phi) is 14.6. The molecule has 0 saturated heterocycles. The normalized spacial score (nSPS) is 11.6. The van der Waals surface area contributed by atoms with E-state index in [-0.39, 0.29) is 6.61 Å². The molecule has 0 bridgehead atoms. The van der Waals surface area contributed by atoms with Crippen molar-refractivity contribution in [3.63, 3.8) is 0 Å². The van der Waals surface area contributed by atoms with Gasteiger partial charge in [0, 0.05) is 6.92 Å². The van der Waals surface area contributed by atoms with Crippen LogP contribution in [0.4, 0.5) is 0 Å². The molecule has 0 rings (SSSR count). The second kappa shape index (κ2) is 14.6. The summed E-state index contributed by atoms with van der Waals surface area (Å²) in [6.45, 7) is 10.3. The monoisotopic (exact) mass is 326 g/mol. The predicted octanol–water partition coefficient (Wildman–Crippen LogP) is 2.41. The van der Waals surface area contributed by atoms with Gasteiger partial charge in [0.15, 0.2) is 12.2 Å². The first-order valence-electron chi connectivity index (χ1n) is 7.41. The van der Waals surface area contributed by atoms with Gasteiger partial charge >= 0.3 is 17.9 Å². The number of carbonyl (C=O) groups is 3. The number of carbonyl (C=O) groups excluding carboxylic acids is 3. The third-order valence-corrected chi connectivity index (χ3v) is 2.33. The second-order valence-corrected chi connectivity index (χ2v) is 4.54. The summed E-state index contributed by atoms with van der Waals surface area (Å²) in [7, 11) is 0. The van der Waals surface area contributed by atoms with E-state index < -0.39 is 36.5 Å². The Morgan fingerprint density at radius 1 is 1.17 bits per heavy atom. The molecular formula is C17H26O6. The maximum Gasteiger partial charge on any atom is 0.318 e. The summed E-state index contributed by atoms with van der Waals surface area (Å²) in [5.41, 5.74) is 0. The van der Waals surface area contributed by atoms with Gasteiger partial charge in [0.05, 0.1) is 0 Å². The zero-order chi connectivity index (χ0) is 18.3. The third kappa shape index (κ3) is 15.9. The van der Waals surface area contributed by atoms with E-state index in [4.69, 9.17) is 15.9 Å². The fraction of sp³-hybridized carbons (Fsp3) is 0.588. The maximum atomic E-state index is 11.4. The molecule has 0 N–H and O–H groups in total. The molecule has 0 aliphatic heterocycles. The van der Waals surface area contributed by atoms with Crippen LogP contribution in [-0.4, -0.2) is 36.7 Å². The molecule has 0 amide bonds. The summed E-state index contributed by atoms with van der Waals surface area (Å²) >= 11 is 0. The largest absolute Gasteiger partial charge is 0.462 e. The maximum absolute atomic E-state index is 11.4. The third-order valence-electron chi connectivity index (χ3n) is 2.33. The van der Waals surface area contributed by atoms with E-state index in [9.17, 15) is 14.4 Å². The van der Waals surface area contributed by atoms with Crippen LogP contribution in [0.15, 0.2) is 12.7 Å². The Bertz CT molecular complexity index is 419. The predicted molar refractivity (Wildman–Crippen MR) is 86.3 cm³/mol. The van der Waals surface area contributed by atoms with Gasteiger partial charge < -0.3 is 14.2 Å². The van der Waals surface area contributed by atoms with E-state index >= 15 is 0 Å². The van der Waals surface area contributed by atoms with Crippen molar-refractivity contribution in [3.8, 4) is 12.3 Å². The van der Waals surface area contributed by atoms with Crippen LogP contribution >= 0.6 is 0 Å². The van der Waals surface area contributed by atoms with Crippen molar-refractivity contribution in [2.24, 2.45) is 0 Å². The highest BCUT2D eigenvalue weighted by Gasteiger charge is 2.18. The van der Waals surface area contributed by atoms with Gasteiger partial charge in [-0.1, -0.05) is 39.2 Å². The lowest BCUT2D eigenvalue weighted by atomic mass is 10.3. The molecule has 0 heterocycles. The summed E-state index contributed by atoms with van der Waals surface area (Å²) in [4.78, 5) is 33.2. The van der Waals surface area contributed by atoms with Gasteiger partial charge in [-0.3, -0.25) is 14.4 Å². The molecular weight excluding hydrogens is 300 g/mol. The van der Waals surface area contributed by atoms with Crippen LogP contribution in [0.5, 0.6) is 0 Å². The first-order valence-corrected chi connectivity index (χ1v) is 7.41. The molecule has 0 aliphatic carbocycles. The second-order valence-electron chi connectivity index (χ2n) is 4.54. The first-order chi connectivity index (χ1) is 10.8. The van der Waals surface area contributed by atoms with E-state index in [1.165, 1.54) is 32.8 Å². The van der Waals surface area contributed by atoms with Crippen molar-refractivity contribution in [1.82, 2.24) is 0 Å². The van der Waals surface area contributed by atoms with Crippen molar-refractivity contribution < 1.29 is 28.6 Å². The molecule has 0 aromatic rings. The fourth-order valence-electron chi connectivity index (χ4n) is 0.951. The fourth-order valence-corrected chi connectivity index (χ4v) is 0.951. The van der Waals surface area contributed by atoms with Gasteiger partial charge in [0.2, 0.25) is 0 Å². The van der Waals surface area contributed by atoms with Crippen molar-refractivity contribution in [2.75, 3.05) is 6.61 Å². The van der Waals surface area contributed by atoms with Crippen LogP contribution < -0.4 is 0 Å². The molecule has 6 nitrogen and oxygen atoms in total. The topological polar surface area (TPSA) is 78.9 Å². The Hall–Kier alpha value is -2.29. The van der Waals surface area contributed by atoms with Crippen molar-refractivity contribution in [3.05, 3.63) is 12.7 Å². The lowest BCUT2D eigenvalue weighted by molar-refractivity contribution is -0.161. The number of unbranched alkanes of at least 4 members (excludes halogenated alkanes) is 1. The van der Waals surface area contributed by atoms with Crippen molar-refractivity contribution in [2.45, 2.75) is 59.2 Å². The van der Waals surface area contributed by atoms with Gasteiger partial charge in [0.25, 0.3) is 0 Å². The average molecular weight is 326 g/mol. The summed E-state index contributed by atoms with van der Waals surface area (Å²) < 4.78 is 14.2. The van der Waals surface area contributed by atoms with Gasteiger partial charge in [0.1, 0.15) is 13.0 Å². The van der Waals surface area contributed by atoms with Gasteiger partial charge in [-0.2, -0.15) is 0 Å². The zero-order valence-electron chi connectivity index (χ0n) is 14.3. The number of rotatable bonds is 8.